The number of alkyl halides is 2. The fourth-order valence-corrected chi connectivity index (χ4v) is 1.74. The smallest absolute Gasteiger partial charge is 0.407 e. The number of hydrogen-bond acceptors (Lipinski definition) is 3. The van der Waals surface area contributed by atoms with Crippen molar-refractivity contribution in [1.82, 2.24) is 10.3 Å². The van der Waals surface area contributed by atoms with Crippen LogP contribution in [-0.4, -0.2) is 23.2 Å². The number of alkyl carbamates (subject to hydrolysis) is 1. The van der Waals surface area contributed by atoms with Gasteiger partial charge in [-0.3, -0.25) is 0 Å². The van der Waals surface area contributed by atoms with Crippen LogP contribution in [0, 0.1) is 11.8 Å². The van der Waals surface area contributed by atoms with Gasteiger partial charge in [-0.05, 0) is 45.2 Å². The Kier molecular flexibility index (Phi) is 7.24. The van der Waals surface area contributed by atoms with E-state index < -0.39 is 23.8 Å². The second-order valence-electron chi connectivity index (χ2n) is 5.73. The van der Waals surface area contributed by atoms with Gasteiger partial charge in [-0.2, -0.15) is 0 Å². The number of amides is 1. The average Bonchev–Trinajstić information content (AvgIpc) is 2.40. The first-order chi connectivity index (χ1) is 10.7. The van der Waals surface area contributed by atoms with Crippen LogP contribution in [0.25, 0.3) is 0 Å². The molecule has 0 bridgehead atoms. The quantitative estimate of drug-likeness (QED) is 0.653. The predicted octanol–water partition coefficient (Wildman–Crippen LogP) is 4.33. The molecule has 0 saturated heterocycles. The van der Waals surface area contributed by atoms with Crippen molar-refractivity contribution in [2.24, 2.45) is 0 Å². The highest BCUT2D eigenvalue weighted by Crippen LogP contribution is 2.20. The van der Waals surface area contributed by atoms with Gasteiger partial charge in [-0.25, -0.2) is 18.6 Å². The SMILES string of the molecule is CC(C)(C)OC(=O)NCCCC#Cc1cc(Cl)cc(C(F)F)n1. The summed E-state index contributed by atoms with van der Waals surface area (Å²) in [6.45, 7) is 5.76. The first kappa shape index (κ1) is 19.2. The lowest BCUT2D eigenvalue weighted by atomic mass is 10.2. The zero-order valence-electron chi connectivity index (χ0n) is 13.3. The number of aromatic nitrogens is 1. The molecule has 23 heavy (non-hydrogen) atoms. The molecule has 1 amide bonds. The van der Waals surface area contributed by atoms with E-state index in [1.54, 1.807) is 20.8 Å². The monoisotopic (exact) mass is 344 g/mol. The van der Waals surface area contributed by atoms with Gasteiger partial charge in [0.25, 0.3) is 6.43 Å². The first-order valence-corrected chi connectivity index (χ1v) is 7.46. The fraction of sp³-hybridized carbons (Fsp3) is 0.500. The van der Waals surface area contributed by atoms with E-state index in [-0.39, 0.29) is 10.7 Å². The van der Waals surface area contributed by atoms with Crippen LogP contribution in [0.15, 0.2) is 12.1 Å². The van der Waals surface area contributed by atoms with Crippen molar-refractivity contribution >= 4 is 17.7 Å². The topological polar surface area (TPSA) is 51.2 Å². The van der Waals surface area contributed by atoms with Crippen molar-refractivity contribution in [3.05, 3.63) is 28.5 Å². The Hall–Kier alpha value is -1.87. The highest BCUT2D eigenvalue weighted by Gasteiger charge is 2.15. The van der Waals surface area contributed by atoms with E-state index in [1.807, 2.05) is 0 Å². The lowest BCUT2D eigenvalue weighted by Gasteiger charge is -2.19. The second-order valence-corrected chi connectivity index (χ2v) is 6.17. The maximum Gasteiger partial charge on any atom is 0.407 e. The van der Waals surface area contributed by atoms with E-state index in [1.165, 1.54) is 6.07 Å². The van der Waals surface area contributed by atoms with Gasteiger partial charge in [0.1, 0.15) is 17.0 Å². The van der Waals surface area contributed by atoms with Crippen LogP contribution in [0.2, 0.25) is 5.02 Å². The molecule has 1 heterocycles. The molecular weight excluding hydrogens is 326 g/mol. The third kappa shape index (κ3) is 8.36. The Labute approximate surface area is 139 Å². The number of carbonyl (C=O) groups is 1. The van der Waals surface area contributed by atoms with Crippen molar-refractivity contribution in [2.75, 3.05) is 6.54 Å². The molecule has 0 aliphatic heterocycles. The summed E-state index contributed by atoms with van der Waals surface area (Å²) in [6, 6.07) is 2.54. The number of unbranched alkanes of at least 4 members (excludes halogenated alkanes) is 1. The zero-order valence-corrected chi connectivity index (χ0v) is 14.0. The van der Waals surface area contributed by atoms with E-state index in [0.717, 1.165) is 6.07 Å². The lowest BCUT2D eigenvalue weighted by Crippen LogP contribution is -2.32. The number of nitrogens with one attached hydrogen (secondary N) is 1. The van der Waals surface area contributed by atoms with Gasteiger partial charge >= 0.3 is 6.09 Å². The van der Waals surface area contributed by atoms with Crippen molar-refractivity contribution in [1.29, 1.82) is 0 Å². The van der Waals surface area contributed by atoms with E-state index in [0.29, 0.717) is 19.4 Å². The third-order valence-corrected chi connectivity index (χ3v) is 2.61. The van der Waals surface area contributed by atoms with E-state index in [2.05, 4.69) is 22.1 Å². The van der Waals surface area contributed by atoms with Crippen molar-refractivity contribution < 1.29 is 18.3 Å². The third-order valence-electron chi connectivity index (χ3n) is 2.40. The van der Waals surface area contributed by atoms with Gasteiger partial charge in [0, 0.05) is 18.0 Å². The minimum Gasteiger partial charge on any atom is -0.444 e. The summed E-state index contributed by atoms with van der Waals surface area (Å²) in [6.07, 6.45) is -2.08. The van der Waals surface area contributed by atoms with Gasteiger partial charge < -0.3 is 10.1 Å². The molecule has 0 atom stereocenters. The molecule has 1 aromatic heterocycles. The summed E-state index contributed by atoms with van der Waals surface area (Å²) in [4.78, 5) is 15.1. The van der Waals surface area contributed by atoms with Gasteiger partial charge in [-0.1, -0.05) is 17.5 Å². The molecule has 0 aromatic carbocycles. The van der Waals surface area contributed by atoms with Gasteiger partial charge in [0.15, 0.2) is 0 Å². The van der Waals surface area contributed by atoms with Gasteiger partial charge in [-0.15, -0.1) is 0 Å². The average molecular weight is 345 g/mol. The number of rotatable bonds is 4. The summed E-state index contributed by atoms with van der Waals surface area (Å²) in [5, 5.41) is 2.78. The molecule has 0 aliphatic rings. The Morgan fingerprint density at radius 2 is 2.13 bits per heavy atom. The lowest BCUT2D eigenvalue weighted by molar-refractivity contribution is 0.0527. The molecule has 4 nitrogen and oxygen atoms in total. The standard InChI is InChI=1S/C16H19ClF2N2O2/c1-16(2,3)23-15(22)20-8-6-4-5-7-12-9-11(17)10-13(21-12)14(18)19/h9-10,14H,4,6,8H2,1-3H3,(H,20,22). The van der Waals surface area contributed by atoms with Crippen LogP contribution >= 0.6 is 11.6 Å². The molecule has 0 fully saturated rings. The molecule has 1 aromatic rings. The molecule has 7 heteroatoms. The molecule has 126 valence electrons. The van der Waals surface area contributed by atoms with Crippen LogP contribution in [0.1, 0.15) is 51.4 Å². The maximum atomic E-state index is 12.6. The number of ether oxygens (including phenoxy) is 1. The number of nitrogens with zero attached hydrogens (tertiary/aromatic N) is 1. The number of hydrogen-bond donors (Lipinski definition) is 1. The van der Waals surface area contributed by atoms with E-state index in [4.69, 9.17) is 16.3 Å². The summed E-state index contributed by atoms with van der Waals surface area (Å²) < 4.78 is 30.3. The normalized spacial score (nSPS) is 10.9. The highest BCUT2D eigenvalue weighted by atomic mass is 35.5. The Morgan fingerprint density at radius 3 is 2.74 bits per heavy atom. The molecule has 0 unspecified atom stereocenters. The van der Waals surface area contributed by atoms with Crippen LogP contribution in [0.4, 0.5) is 13.6 Å². The molecule has 0 aliphatic carbocycles. The molecule has 0 radical (unpaired) electrons. The summed E-state index contributed by atoms with van der Waals surface area (Å²) in [7, 11) is 0. The van der Waals surface area contributed by atoms with E-state index >= 15 is 0 Å². The molecular formula is C16H19ClF2N2O2. The van der Waals surface area contributed by atoms with Crippen LogP contribution in [0.5, 0.6) is 0 Å². The highest BCUT2D eigenvalue weighted by molar-refractivity contribution is 6.30. The molecule has 0 spiro atoms. The summed E-state index contributed by atoms with van der Waals surface area (Å²) in [5.74, 6) is 5.49. The Bertz CT molecular complexity index is 604. The van der Waals surface area contributed by atoms with Crippen LogP contribution < -0.4 is 5.32 Å². The van der Waals surface area contributed by atoms with Crippen molar-refractivity contribution in [2.45, 2.75) is 45.6 Å². The van der Waals surface area contributed by atoms with Crippen molar-refractivity contribution in [3.63, 3.8) is 0 Å². The number of pyridine rings is 1. The Morgan fingerprint density at radius 1 is 1.43 bits per heavy atom. The molecule has 0 saturated carbocycles. The van der Waals surface area contributed by atoms with Crippen molar-refractivity contribution in [3.8, 4) is 11.8 Å². The number of halogens is 3. The fourth-order valence-electron chi connectivity index (χ4n) is 1.53. The molecule has 1 rings (SSSR count). The van der Waals surface area contributed by atoms with Gasteiger partial charge in [0.05, 0.1) is 0 Å². The molecule has 1 N–H and O–H groups in total. The minimum atomic E-state index is -2.69. The van der Waals surface area contributed by atoms with E-state index in [9.17, 15) is 13.6 Å². The van der Waals surface area contributed by atoms with Crippen LogP contribution in [-0.2, 0) is 4.74 Å². The predicted molar refractivity (Wildman–Crippen MR) is 84.6 cm³/mol. The zero-order chi connectivity index (χ0) is 17.5. The number of carbonyl (C=O) groups excluding carboxylic acids is 1. The minimum absolute atomic E-state index is 0.172. The second kappa shape index (κ2) is 8.68. The summed E-state index contributed by atoms with van der Waals surface area (Å²) in [5.41, 5.74) is -0.730. The summed E-state index contributed by atoms with van der Waals surface area (Å²) >= 11 is 5.74. The maximum absolute atomic E-state index is 12.6. The largest absolute Gasteiger partial charge is 0.444 e. The van der Waals surface area contributed by atoms with Gasteiger partial charge in [0.2, 0.25) is 0 Å². The first-order valence-electron chi connectivity index (χ1n) is 7.09. The van der Waals surface area contributed by atoms with Crippen LogP contribution in [0.3, 0.4) is 0 Å². The Balaban J connectivity index is 2.40.